The van der Waals surface area contributed by atoms with E-state index < -0.39 is 0 Å². The van der Waals surface area contributed by atoms with Crippen LogP contribution in [0.4, 0.5) is 10.1 Å². The number of anilines is 1. The van der Waals surface area contributed by atoms with E-state index in [0.717, 1.165) is 27.9 Å². The lowest BCUT2D eigenvalue weighted by molar-refractivity contribution is 0.314. The van der Waals surface area contributed by atoms with Crippen LogP contribution in [-0.2, 0) is 6.54 Å². The zero-order valence-electron chi connectivity index (χ0n) is 11.6. The van der Waals surface area contributed by atoms with E-state index >= 15 is 0 Å². The third kappa shape index (κ3) is 4.71. The maximum atomic E-state index is 13.1. The topological polar surface area (TPSA) is 21.3 Å². The fraction of sp³-hybridized carbons (Fsp3) is 0.250. The van der Waals surface area contributed by atoms with E-state index in [1.54, 1.807) is 6.07 Å². The molecule has 21 heavy (non-hydrogen) atoms. The molecule has 0 spiro atoms. The zero-order valence-corrected chi connectivity index (χ0v) is 14.8. The van der Waals surface area contributed by atoms with Gasteiger partial charge in [-0.05, 0) is 58.7 Å². The van der Waals surface area contributed by atoms with Crippen molar-refractivity contribution in [1.29, 1.82) is 0 Å². The van der Waals surface area contributed by atoms with Gasteiger partial charge >= 0.3 is 0 Å². The van der Waals surface area contributed by atoms with Gasteiger partial charge in [0, 0.05) is 26.7 Å². The number of nitrogens with one attached hydrogen (secondary N) is 1. The molecule has 0 aliphatic carbocycles. The summed E-state index contributed by atoms with van der Waals surface area (Å²) >= 11 is 6.83. The summed E-state index contributed by atoms with van der Waals surface area (Å²) in [4.78, 5) is 0. The van der Waals surface area contributed by atoms with Gasteiger partial charge in [-0.3, -0.25) is 0 Å². The number of rotatable bonds is 6. The first-order valence-corrected chi connectivity index (χ1v) is 8.29. The molecule has 0 bridgehead atoms. The molecule has 0 atom stereocenters. The predicted octanol–water partition coefficient (Wildman–Crippen LogP) is 5.75. The van der Waals surface area contributed by atoms with Crippen LogP contribution in [0.2, 0.25) is 0 Å². The number of ether oxygens (including phenoxy) is 1. The van der Waals surface area contributed by atoms with Crippen LogP contribution in [0.25, 0.3) is 0 Å². The van der Waals surface area contributed by atoms with Crippen LogP contribution in [-0.4, -0.2) is 6.61 Å². The second-order valence-electron chi connectivity index (χ2n) is 4.58. The van der Waals surface area contributed by atoms with E-state index in [4.69, 9.17) is 4.74 Å². The van der Waals surface area contributed by atoms with Crippen molar-refractivity contribution >= 4 is 37.5 Å². The summed E-state index contributed by atoms with van der Waals surface area (Å²) in [6, 6.07) is 10.5. The van der Waals surface area contributed by atoms with Gasteiger partial charge < -0.3 is 10.1 Å². The van der Waals surface area contributed by atoms with Gasteiger partial charge in [0.15, 0.2) is 0 Å². The number of halogens is 3. The molecule has 0 aromatic heterocycles. The lowest BCUT2D eigenvalue weighted by atomic mass is 10.2. The minimum atomic E-state index is -0.262. The summed E-state index contributed by atoms with van der Waals surface area (Å²) in [7, 11) is 0. The highest BCUT2D eigenvalue weighted by molar-refractivity contribution is 9.10. The molecule has 2 nitrogen and oxygen atoms in total. The smallest absolute Gasteiger partial charge is 0.124 e. The van der Waals surface area contributed by atoms with Gasteiger partial charge in [-0.1, -0.05) is 22.9 Å². The molecule has 0 radical (unpaired) electrons. The van der Waals surface area contributed by atoms with Gasteiger partial charge in [0.05, 0.1) is 6.61 Å². The summed E-state index contributed by atoms with van der Waals surface area (Å²) in [6.45, 7) is 3.37. The summed E-state index contributed by atoms with van der Waals surface area (Å²) in [6.07, 6.45) is 0.965. The lowest BCUT2D eigenvalue weighted by Crippen LogP contribution is -2.04. The Balaban J connectivity index is 2.12. The minimum Gasteiger partial charge on any atom is -0.493 e. The minimum absolute atomic E-state index is 0.262. The molecule has 0 aliphatic heterocycles. The molecule has 112 valence electrons. The second kappa shape index (κ2) is 7.80. The van der Waals surface area contributed by atoms with Crippen LogP contribution in [0.15, 0.2) is 45.3 Å². The van der Waals surface area contributed by atoms with Crippen molar-refractivity contribution in [2.45, 2.75) is 19.9 Å². The molecule has 0 unspecified atom stereocenters. The Morgan fingerprint density at radius 3 is 2.67 bits per heavy atom. The molecule has 0 saturated heterocycles. The molecule has 1 N–H and O–H groups in total. The molecule has 0 aliphatic rings. The quantitative estimate of drug-likeness (QED) is 0.647. The average Bonchev–Trinajstić information content (AvgIpc) is 2.45. The third-order valence-corrected chi connectivity index (χ3v) is 4.03. The standard InChI is InChI=1S/C16H16Br2FNO/c1-2-7-21-16-6-3-12(17)8-11(16)10-20-15-5-4-13(19)9-14(15)18/h3-6,8-9,20H,2,7,10H2,1H3. The average molecular weight is 417 g/mol. The molecule has 0 heterocycles. The normalized spacial score (nSPS) is 10.5. The summed E-state index contributed by atoms with van der Waals surface area (Å²) in [5, 5.41) is 3.29. The van der Waals surface area contributed by atoms with E-state index in [0.29, 0.717) is 17.6 Å². The number of hydrogen-bond donors (Lipinski definition) is 1. The monoisotopic (exact) mass is 415 g/mol. The Bertz CT molecular complexity index is 619. The van der Waals surface area contributed by atoms with Crippen LogP contribution >= 0.6 is 31.9 Å². The van der Waals surface area contributed by atoms with E-state index in [1.165, 1.54) is 12.1 Å². The van der Waals surface area contributed by atoms with Crippen molar-refractivity contribution in [3.63, 3.8) is 0 Å². The van der Waals surface area contributed by atoms with Crippen molar-refractivity contribution in [2.24, 2.45) is 0 Å². The van der Waals surface area contributed by atoms with Gasteiger partial charge in [0.2, 0.25) is 0 Å². The van der Waals surface area contributed by atoms with E-state index in [2.05, 4.69) is 44.1 Å². The largest absolute Gasteiger partial charge is 0.493 e. The second-order valence-corrected chi connectivity index (χ2v) is 6.35. The Morgan fingerprint density at radius 1 is 1.14 bits per heavy atom. The Kier molecular flexibility index (Phi) is 6.06. The Labute approximate surface area is 141 Å². The molecule has 2 rings (SSSR count). The highest BCUT2D eigenvalue weighted by atomic mass is 79.9. The maximum absolute atomic E-state index is 13.1. The number of benzene rings is 2. The van der Waals surface area contributed by atoms with Crippen LogP contribution < -0.4 is 10.1 Å². The van der Waals surface area contributed by atoms with Crippen LogP contribution in [0.5, 0.6) is 5.75 Å². The molecular formula is C16H16Br2FNO. The van der Waals surface area contributed by atoms with Gasteiger partial charge in [-0.2, -0.15) is 0 Å². The zero-order chi connectivity index (χ0) is 15.2. The fourth-order valence-corrected chi connectivity index (χ4v) is 2.76. The molecule has 0 fully saturated rings. The van der Waals surface area contributed by atoms with Gasteiger partial charge in [-0.25, -0.2) is 4.39 Å². The highest BCUT2D eigenvalue weighted by Crippen LogP contribution is 2.27. The summed E-state index contributed by atoms with van der Waals surface area (Å²) in [5.74, 6) is 0.604. The summed E-state index contributed by atoms with van der Waals surface area (Å²) in [5.41, 5.74) is 1.90. The van der Waals surface area contributed by atoms with Crippen molar-refractivity contribution in [3.05, 3.63) is 56.7 Å². The van der Waals surface area contributed by atoms with E-state index in [9.17, 15) is 4.39 Å². The highest BCUT2D eigenvalue weighted by Gasteiger charge is 2.06. The number of hydrogen-bond acceptors (Lipinski definition) is 2. The third-order valence-electron chi connectivity index (χ3n) is 2.88. The first kappa shape index (κ1) is 16.3. The molecular weight excluding hydrogens is 401 g/mol. The van der Waals surface area contributed by atoms with Gasteiger partial charge in [0.1, 0.15) is 11.6 Å². The first-order chi connectivity index (χ1) is 10.1. The fourth-order valence-electron chi connectivity index (χ4n) is 1.86. The van der Waals surface area contributed by atoms with Gasteiger partial charge in [-0.15, -0.1) is 0 Å². The van der Waals surface area contributed by atoms with Crippen LogP contribution in [0, 0.1) is 5.82 Å². The predicted molar refractivity (Wildman–Crippen MR) is 91.4 cm³/mol. The molecule has 0 amide bonds. The summed E-state index contributed by atoms with van der Waals surface area (Å²) < 4.78 is 20.5. The first-order valence-electron chi connectivity index (χ1n) is 6.70. The molecule has 5 heteroatoms. The van der Waals surface area contributed by atoms with Crippen molar-refractivity contribution in [3.8, 4) is 5.75 Å². The Morgan fingerprint density at radius 2 is 1.95 bits per heavy atom. The van der Waals surface area contributed by atoms with Gasteiger partial charge in [0.25, 0.3) is 0 Å². The molecule has 2 aromatic carbocycles. The molecule has 2 aromatic rings. The maximum Gasteiger partial charge on any atom is 0.124 e. The van der Waals surface area contributed by atoms with Crippen molar-refractivity contribution in [1.82, 2.24) is 0 Å². The van der Waals surface area contributed by atoms with Crippen molar-refractivity contribution in [2.75, 3.05) is 11.9 Å². The van der Waals surface area contributed by atoms with Crippen LogP contribution in [0.1, 0.15) is 18.9 Å². The van der Waals surface area contributed by atoms with E-state index in [-0.39, 0.29) is 5.82 Å². The SMILES string of the molecule is CCCOc1ccc(Br)cc1CNc1ccc(F)cc1Br. The Hall–Kier alpha value is -1.07. The van der Waals surface area contributed by atoms with E-state index in [1.807, 2.05) is 18.2 Å². The van der Waals surface area contributed by atoms with Crippen molar-refractivity contribution < 1.29 is 9.13 Å². The molecule has 0 saturated carbocycles. The van der Waals surface area contributed by atoms with Crippen LogP contribution in [0.3, 0.4) is 0 Å². The lowest BCUT2D eigenvalue weighted by Gasteiger charge is -2.14.